The third-order valence-electron chi connectivity index (χ3n) is 1.99. The Balaban J connectivity index is 3.00. The average molecular weight is 164 g/mol. The van der Waals surface area contributed by atoms with Gasteiger partial charge in [0, 0.05) is 5.71 Å². The Bertz CT molecular complexity index is 253. The lowest BCUT2D eigenvalue weighted by molar-refractivity contribution is 0.872. The Hall–Kier alpha value is -0.920. The van der Waals surface area contributed by atoms with Crippen LogP contribution in [0, 0.1) is 5.92 Å². The highest BCUT2D eigenvalue weighted by atomic mass is 14.9. The first-order valence-corrected chi connectivity index (χ1v) is 4.35. The van der Waals surface area contributed by atoms with E-state index in [9.17, 15) is 0 Å². The molecule has 1 aliphatic rings. The molecule has 12 heavy (non-hydrogen) atoms. The topological polar surface area (TPSA) is 24.7 Å². The van der Waals surface area contributed by atoms with Gasteiger partial charge in [-0.15, -0.1) is 0 Å². The quantitative estimate of drug-likeness (QED) is 0.568. The van der Waals surface area contributed by atoms with Gasteiger partial charge in [0.05, 0.1) is 6.54 Å². The molecule has 0 saturated carbocycles. The van der Waals surface area contributed by atoms with Crippen LogP contribution in [0.5, 0.6) is 0 Å². The first-order valence-electron chi connectivity index (χ1n) is 4.35. The summed E-state index contributed by atoms with van der Waals surface area (Å²) in [5.74, 6) is 0.502. The highest BCUT2D eigenvalue weighted by Crippen LogP contribution is 2.15. The normalized spacial score (nSPS) is 16.8. The predicted molar refractivity (Wildman–Crippen MR) is 54.0 cm³/mol. The fourth-order valence-electron chi connectivity index (χ4n) is 1.31. The molecule has 0 radical (unpaired) electrons. The van der Waals surface area contributed by atoms with Crippen molar-refractivity contribution >= 4 is 12.1 Å². The van der Waals surface area contributed by atoms with E-state index in [0.29, 0.717) is 5.92 Å². The molecule has 0 aliphatic carbocycles. The van der Waals surface area contributed by atoms with Gasteiger partial charge in [-0.3, -0.25) is 4.99 Å². The van der Waals surface area contributed by atoms with Crippen LogP contribution in [0.3, 0.4) is 0 Å². The van der Waals surface area contributed by atoms with E-state index < -0.39 is 0 Å². The molecule has 66 valence electrons. The lowest BCUT2D eigenvalue weighted by Crippen LogP contribution is -2.17. The maximum absolute atomic E-state index is 4.30. The van der Waals surface area contributed by atoms with E-state index in [1.807, 2.05) is 0 Å². The van der Waals surface area contributed by atoms with Gasteiger partial charge in [0.15, 0.2) is 0 Å². The van der Waals surface area contributed by atoms with Gasteiger partial charge in [0.25, 0.3) is 0 Å². The van der Waals surface area contributed by atoms with Crippen LogP contribution in [0.2, 0.25) is 0 Å². The van der Waals surface area contributed by atoms with Crippen molar-refractivity contribution in [2.45, 2.75) is 27.7 Å². The first-order chi connectivity index (χ1) is 5.63. The van der Waals surface area contributed by atoms with Crippen LogP contribution >= 0.6 is 0 Å². The monoisotopic (exact) mass is 164 g/mol. The number of nitrogens with zero attached hydrogens (tertiary/aromatic N) is 2. The average Bonchev–Trinajstić information content (AvgIpc) is 2.04. The Morgan fingerprint density at radius 3 is 2.50 bits per heavy atom. The zero-order chi connectivity index (χ0) is 9.14. The van der Waals surface area contributed by atoms with Gasteiger partial charge in [-0.25, -0.2) is 4.99 Å². The molecule has 0 fully saturated rings. The Labute approximate surface area is 74.1 Å². The van der Waals surface area contributed by atoms with Crippen LogP contribution in [-0.4, -0.2) is 18.6 Å². The summed E-state index contributed by atoms with van der Waals surface area (Å²) in [6, 6.07) is 0. The number of hydrogen-bond donors (Lipinski definition) is 0. The molecule has 0 amide bonds. The third-order valence-corrected chi connectivity index (χ3v) is 1.99. The van der Waals surface area contributed by atoms with E-state index in [-0.39, 0.29) is 0 Å². The zero-order valence-corrected chi connectivity index (χ0v) is 8.26. The summed E-state index contributed by atoms with van der Waals surface area (Å²) in [4.78, 5) is 8.44. The highest BCUT2D eigenvalue weighted by molar-refractivity contribution is 6.06. The summed E-state index contributed by atoms with van der Waals surface area (Å²) in [6.07, 6.45) is 1.67. The Morgan fingerprint density at radius 2 is 2.08 bits per heavy atom. The molecular weight excluding hydrogens is 148 g/mol. The van der Waals surface area contributed by atoms with Crippen LogP contribution in [0.1, 0.15) is 27.7 Å². The second kappa shape index (κ2) is 3.65. The van der Waals surface area contributed by atoms with Crippen molar-refractivity contribution in [3.8, 4) is 0 Å². The van der Waals surface area contributed by atoms with Gasteiger partial charge in [0.2, 0.25) is 0 Å². The van der Waals surface area contributed by atoms with Crippen LogP contribution in [0.4, 0.5) is 0 Å². The first kappa shape index (κ1) is 9.17. The molecule has 2 heteroatoms. The minimum Gasteiger partial charge on any atom is -0.269 e. The lowest BCUT2D eigenvalue weighted by Gasteiger charge is -2.16. The number of rotatable bonds is 1. The summed E-state index contributed by atoms with van der Waals surface area (Å²) in [5.41, 5.74) is 3.84. The summed E-state index contributed by atoms with van der Waals surface area (Å²) >= 11 is 0. The SMILES string of the molecule is CC(C)=C1CN=CN=C1C(C)C. The number of hydrogen-bond acceptors (Lipinski definition) is 2. The molecule has 0 aromatic heterocycles. The number of aliphatic imine (C=N–C) groups is 2. The van der Waals surface area contributed by atoms with Crippen molar-refractivity contribution in [1.82, 2.24) is 0 Å². The molecule has 0 spiro atoms. The molecule has 0 aromatic rings. The molecule has 0 atom stereocenters. The fourth-order valence-corrected chi connectivity index (χ4v) is 1.31. The second-order valence-electron chi connectivity index (χ2n) is 3.60. The molecule has 0 N–H and O–H groups in total. The van der Waals surface area contributed by atoms with Crippen molar-refractivity contribution in [2.24, 2.45) is 15.9 Å². The van der Waals surface area contributed by atoms with Crippen molar-refractivity contribution < 1.29 is 0 Å². The third kappa shape index (κ3) is 1.81. The summed E-state index contributed by atoms with van der Waals surface area (Å²) in [7, 11) is 0. The zero-order valence-electron chi connectivity index (χ0n) is 8.26. The van der Waals surface area contributed by atoms with Crippen molar-refractivity contribution in [1.29, 1.82) is 0 Å². The van der Waals surface area contributed by atoms with Crippen LogP contribution in [-0.2, 0) is 0 Å². The maximum Gasteiger partial charge on any atom is 0.110 e. The van der Waals surface area contributed by atoms with Crippen molar-refractivity contribution in [3.05, 3.63) is 11.1 Å². The van der Waals surface area contributed by atoms with E-state index in [1.54, 1.807) is 6.34 Å². The molecule has 1 aliphatic heterocycles. The molecular formula is C10H16N2. The largest absolute Gasteiger partial charge is 0.269 e. The standard InChI is InChI=1S/C10H16N2/c1-7(2)9-5-11-6-12-10(9)8(3)4/h6,8H,5H2,1-4H3. The molecule has 0 bridgehead atoms. The van der Waals surface area contributed by atoms with Gasteiger partial charge >= 0.3 is 0 Å². The molecule has 0 saturated heterocycles. The van der Waals surface area contributed by atoms with Crippen LogP contribution in [0.25, 0.3) is 0 Å². The molecule has 1 rings (SSSR count). The van der Waals surface area contributed by atoms with E-state index in [2.05, 4.69) is 37.7 Å². The lowest BCUT2D eigenvalue weighted by atomic mass is 9.96. The summed E-state index contributed by atoms with van der Waals surface area (Å²) < 4.78 is 0. The maximum atomic E-state index is 4.30. The van der Waals surface area contributed by atoms with E-state index in [4.69, 9.17) is 0 Å². The highest BCUT2D eigenvalue weighted by Gasteiger charge is 2.13. The van der Waals surface area contributed by atoms with Crippen molar-refractivity contribution in [3.63, 3.8) is 0 Å². The Morgan fingerprint density at radius 1 is 1.42 bits per heavy atom. The number of allylic oxidation sites excluding steroid dienone is 1. The minimum absolute atomic E-state index is 0.502. The van der Waals surface area contributed by atoms with Gasteiger partial charge in [-0.2, -0.15) is 0 Å². The second-order valence-corrected chi connectivity index (χ2v) is 3.60. The van der Waals surface area contributed by atoms with Crippen LogP contribution in [0.15, 0.2) is 21.1 Å². The van der Waals surface area contributed by atoms with Crippen molar-refractivity contribution in [2.75, 3.05) is 6.54 Å². The summed E-state index contributed by atoms with van der Waals surface area (Å²) in [6.45, 7) is 9.38. The van der Waals surface area contributed by atoms with Crippen LogP contribution < -0.4 is 0 Å². The van der Waals surface area contributed by atoms with Gasteiger partial charge in [-0.1, -0.05) is 19.4 Å². The molecule has 2 nitrogen and oxygen atoms in total. The predicted octanol–water partition coefficient (Wildman–Crippen LogP) is 2.46. The fraction of sp³-hybridized carbons (Fsp3) is 0.600. The van der Waals surface area contributed by atoms with Gasteiger partial charge < -0.3 is 0 Å². The smallest absolute Gasteiger partial charge is 0.110 e. The molecule has 0 aromatic carbocycles. The Kier molecular flexibility index (Phi) is 2.79. The molecule has 1 heterocycles. The van der Waals surface area contributed by atoms with Gasteiger partial charge in [0.1, 0.15) is 6.34 Å². The molecule has 0 unspecified atom stereocenters. The van der Waals surface area contributed by atoms with E-state index >= 15 is 0 Å². The summed E-state index contributed by atoms with van der Waals surface area (Å²) in [5, 5.41) is 0. The van der Waals surface area contributed by atoms with Gasteiger partial charge in [-0.05, 0) is 25.3 Å². The minimum atomic E-state index is 0.502. The van der Waals surface area contributed by atoms with E-state index in [1.165, 1.54) is 16.9 Å². The van der Waals surface area contributed by atoms with E-state index in [0.717, 1.165) is 6.54 Å².